The zero-order chi connectivity index (χ0) is 28.9. The number of rotatable bonds is 7. The highest BCUT2D eigenvalue weighted by Gasteiger charge is 2.29. The van der Waals surface area contributed by atoms with Gasteiger partial charge in [0.2, 0.25) is 0 Å². The van der Waals surface area contributed by atoms with Crippen LogP contribution in [0.25, 0.3) is 17.3 Å². The summed E-state index contributed by atoms with van der Waals surface area (Å²) in [5.41, 5.74) is -0.672. The van der Waals surface area contributed by atoms with Gasteiger partial charge in [0.25, 0.3) is 11.5 Å². The van der Waals surface area contributed by atoms with Crippen LogP contribution in [0.5, 0.6) is 11.5 Å². The van der Waals surface area contributed by atoms with Gasteiger partial charge in [0, 0.05) is 0 Å². The number of ether oxygens (including phenoxy) is 2. The maximum absolute atomic E-state index is 13.6. The van der Waals surface area contributed by atoms with Gasteiger partial charge in [0.15, 0.2) is 5.57 Å². The van der Waals surface area contributed by atoms with Gasteiger partial charge in [-0.3, -0.25) is 14.2 Å². The number of methoxy groups -OCH3 is 1. The van der Waals surface area contributed by atoms with E-state index in [0.29, 0.717) is 35.0 Å². The van der Waals surface area contributed by atoms with Gasteiger partial charge >= 0.3 is 6.18 Å². The first-order valence-corrected chi connectivity index (χ1v) is 12.7. The first-order chi connectivity index (χ1) is 19.2. The molecule has 204 valence electrons. The molecular weight excluding hydrogens is 543 g/mol. The largest absolute Gasteiger partial charge is 0.497 e. The summed E-state index contributed by atoms with van der Waals surface area (Å²) < 4.78 is 51.1. The number of benzene rings is 3. The van der Waals surface area contributed by atoms with Crippen LogP contribution < -0.4 is 29.5 Å². The van der Waals surface area contributed by atoms with Crippen LogP contribution in [-0.2, 0) is 11.0 Å². The summed E-state index contributed by atoms with van der Waals surface area (Å²) in [6, 6.07) is 19.4. The number of nitrogens with zero attached hydrogens (tertiary/aromatic N) is 2. The molecule has 4 rings (SSSR count). The lowest BCUT2D eigenvalue weighted by Gasteiger charge is -2.11. The van der Waals surface area contributed by atoms with E-state index in [9.17, 15) is 28.0 Å². The number of amides is 1. The van der Waals surface area contributed by atoms with E-state index in [0.717, 1.165) is 23.5 Å². The number of carbonyl (C=O) groups is 1. The monoisotopic (exact) mass is 565 g/mol. The van der Waals surface area contributed by atoms with Gasteiger partial charge in [-0.1, -0.05) is 24.3 Å². The van der Waals surface area contributed by atoms with E-state index in [1.54, 1.807) is 55.5 Å². The Morgan fingerprint density at radius 3 is 2.35 bits per heavy atom. The number of anilines is 1. The van der Waals surface area contributed by atoms with Crippen molar-refractivity contribution in [1.82, 2.24) is 4.57 Å². The number of hydrogen-bond acceptors (Lipinski definition) is 6. The van der Waals surface area contributed by atoms with Crippen molar-refractivity contribution in [2.45, 2.75) is 13.1 Å². The summed E-state index contributed by atoms with van der Waals surface area (Å²) in [4.78, 5) is 26.9. The minimum atomic E-state index is -4.50. The number of nitrogens with one attached hydrogen (secondary N) is 1. The topological polar surface area (TPSA) is 93.4 Å². The Bertz CT molecular complexity index is 1750. The quantitative estimate of drug-likeness (QED) is 0.357. The Hall–Kier alpha value is -4.82. The van der Waals surface area contributed by atoms with Crippen molar-refractivity contribution in [3.05, 3.63) is 103 Å². The number of alkyl halides is 3. The Labute approximate surface area is 230 Å². The molecule has 0 aliphatic heterocycles. The van der Waals surface area contributed by atoms with E-state index in [1.807, 2.05) is 6.07 Å². The van der Waals surface area contributed by atoms with Crippen LogP contribution in [-0.4, -0.2) is 24.2 Å². The van der Waals surface area contributed by atoms with Gasteiger partial charge in [-0.2, -0.15) is 18.4 Å². The Kier molecular flexibility index (Phi) is 8.40. The van der Waals surface area contributed by atoms with Crippen molar-refractivity contribution >= 4 is 34.6 Å². The molecule has 7 nitrogen and oxygen atoms in total. The molecule has 4 aromatic rings. The lowest BCUT2D eigenvalue weighted by atomic mass is 10.1. The van der Waals surface area contributed by atoms with Crippen LogP contribution >= 0.6 is 11.3 Å². The van der Waals surface area contributed by atoms with E-state index in [-0.39, 0.29) is 14.8 Å². The predicted octanol–water partition coefficient (Wildman–Crippen LogP) is 4.47. The van der Waals surface area contributed by atoms with Crippen molar-refractivity contribution in [1.29, 1.82) is 5.26 Å². The normalized spacial score (nSPS) is 12.4. The summed E-state index contributed by atoms with van der Waals surface area (Å²) in [5, 5.41) is 12.7. The Morgan fingerprint density at radius 2 is 1.75 bits per heavy atom. The first kappa shape index (κ1) is 28.2. The number of nitriles is 1. The molecule has 1 amide bonds. The van der Waals surface area contributed by atoms with Gasteiger partial charge in [-0.25, -0.2) is 0 Å². The van der Waals surface area contributed by atoms with E-state index in [1.165, 1.54) is 29.9 Å². The van der Waals surface area contributed by atoms with Crippen LogP contribution in [0.2, 0.25) is 0 Å². The standard InChI is InChI=1S/C29H22F3N3O4S/c1-3-39-24-7-5-4-6-23(24)34-26(36)22(17-33)28-35(20-12-14-21(38-2)15-13-20)27(37)25(40-28)16-18-8-10-19(11-9-18)29(30,31)32/h4-16H,3H2,1-2H3,(H,34,36). The Balaban J connectivity index is 1.91. The highest BCUT2D eigenvalue weighted by atomic mass is 32.1. The van der Waals surface area contributed by atoms with Gasteiger partial charge in [0.05, 0.1) is 35.2 Å². The molecule has 1 heterocycles. The molecule has 0 spiro atoms. The van der Waals surface area contributed by atoms with Crippen LogP contribution in [0.4, 0.5) is 18.9 Å². The molecular formula is C29H22F3N3O4S. The van der Waals surface area contributed by atoms with E-state index in [2.05, 4.69) is 5.32 Å². The second kappa shape index (κ2) is 11.9. The summed E-state index contributed by atoms with van der Waals surface area (Å²) in [7, 11) is 1.49. The van der Waals surface area contributed by atoms with Crippen LogP contribution in [0, 0.1) is 11.3 Å². The van der Waals surface area contributed by atoms with Gasteiger partial charge in [-0.05, 0) is 67.1 Å². The number of aromatic nitrogens is 1. The van der Waals surface area contributed by atoms with Gasteiger partial charge in [-0.15, -0.1) is 11.3 Å². The summed E-state index contributed by atoms with van der Waals surface area (Å²) in [6.07, 6.45) is -3.09. The average Bonchev–Trinajstić information content (AvgIpc) is 3.25. The zero-order valence-corrected chi connectivity index (χ0v) is 22.1. The second-order valence-corrected chi connectivity index (χ2v) is 9.27. The summed E-state index contributed by atoms with van der Waals surface area (Å²) >= 11 is 0.871. The van der Waals surface area contributed by atoms with Crippen molar-refractivity contribution in [2.75, 3.05) is 19.0 Å². The SMILES string of the molecule is CCOc1ccccc1NC(=O)C(C#N)=c1sc(=Cc2ccc(C(F)(F)F)cc2)c(=O)n1-c1ccc(OC)cc1. The molecule has 0 saturated heterocycles. The smallest absolute Gasteiger partial charge is 0.416 e. The number of halogens is 3. The average molecular weight is 566 g/mol. The first-order valence-electron chi connectivity index (χ1n) is 11.9. The third-order valence-electron chi connectivity index (χ3n) is 5.68. The third-order valence-corrected chi connectivity index (χ3v) is 6.77. The molecule has 40 heavy (non-hydrogen) atoms. The molecule has 11 heteroatoms. The maximum atomic E-state index is 13.6. The summed E-state index contributed by atoms with van der Waals surface area (Å²) in [6.45, 7) is 2.14. The fourth-order valence-electron chi connectivity index (χ4n) is 3.77. The molecule has 1 N–H and O–H groups in total. The predicted molar refractivity (Wildman–Crippen MR) is 146 cm³/mol. The second-order valence-electron chi connectivity index (χ2n) is 8.24. The van der Waals surface area contributed by atoms with Crippen LogP contribution in [0.3, 0.4) is 0 Å². The molecule has 0 atom stereocenters. The molecule has 0 bridgehead atoms. The molecule has 1 aromatic heterocycles. The zero-order valence-electron chi connectivity index (χ0n) is 21.3. The lowest BCUT2D eigenvalue weighted by molar-refractivity contribution is -0.137. The van der Waals surface area contributed by atoms with E-state index in [4.69, 9.17) is 9.47 Å². The number of para-hydroxylation sites is 2. The molecule has 0 fully saturated rings. The fraction of sp³-hybridized carbons (Fsp3) is 0.138. The van der Waals surface area contributed by atoms with Crippen molar-refractivity contribution < 1.29 is 27.4 Å². The maximum Gasteiger partial charge on any atom is 0.416 e. The molecule has 0 unspecified atom stereocenters. The highest BCUT2D eigenvalue weighted by molar-refractivity contribution is 7.07. The Morgan fingerprint density at radius 1 is 1.07 bits per heavy atom. The van der Waals surface area contributed by atoms with Crippen molar-refractivity contribution in [2.24, 2.45) is 0 Å². The number of hydrogen-bond donors (Lipinski definition) is 1. The number of thiazole rings is 1. The molecule has 0 aliphatic rings. The minimum Gasteiger partial charge on any atom is -0.497 e. The van der Waals surface area contributed by atoms with Crippen molar-refractivity contribution in [3.63, 3.8) is 0 Å². The fourth-order valence-corrected chi connectivity index (χ4v) is 4.87. The van der Waals surface area contributed by atoms with Crippen molar-refractivity contribution in [3.8, 4) is 23.3 Å². The van der Waals surface area contributed by atoms with Gasteiger partial charge < -0.3 is 14.8 Å². The summed E-state index contributed by atoms with van der Waals surface area (Å²) in [5.74, 6) is 0.171. The molecule has 3 aromatic carbocycles. The van der Waals surface area contributed by atoms with E-state index >= 15 is 0 Å². The van der Waals surface area contributed by atoms with E-state index < -0.39 is 23.2 Å². The third kappa shape index (κ3) is 6.08. The van der Waals surface area contributed by atoms with Crippen LogP contribution in [0.1, 0.15) is 18.1 Å². The number of carbonyl (C=O) groups excluding carboxylic acids is 1. The molecule has 0 aliphatic carbocycles. The van der Waals surface area contributed by atoms with Crippen LogP contribution in [0.15, 0.2) is 77.6 Å². The molecule has 0 saturated carbocycles. The minimum absolute atomic E-state index is 0.0437. The molecule has 0 radical (unpaired) electrons. The highest BCUT2D eigenvalue weighted by Crippen LogP contribution is 2.29. The lowest BCUT2D eigenvalue weighted by Crippen LogP contribution is -2.32. The van der Waals surface area contributed by atoms with Gasteiger partial charge in [0.1, 0.15) is 22.2 Å².